The number of hydrogen-bond donors (Lipinski definition) is 3. The van der Waals surface area contributed by atoms with Crippen molar-refractivity contribution in [2.24, 2.45) is 17.3 Å². The Kier molecular flexibility index (Phi) is 16.5. The van der Waals surface area contributed by atoms with Crippen LogP contribution in [0.15, 0.2) is 55.6 Å². The first-order valence-corrected chi connectivity index (χ1v) is 15.8. The van der Waals surface area contributed by atoms with Crippen LogP contribution >= 0.6 is 11.8 Å². The summed E-state index contributed by atoms with van der Waals surface area (Å²) in [6, 6.07) is 9.17. The highest BCUT2D eigenvalue weighted by Gasteiger charge is 2.42. The number of unbranched alkanes of at least 4 members (excludes halogenated alkanes) is 1. The molecule has 0 spiro atoms. The van der Waals surface area contributed by atoms with Gasteiger partial charge in [-0.25, -0.2) is 0 Å². The molecule has 4 atom stereocenters. The molecule has 1 aliphatic rings. The lowest BCUT2D eigenvalue weighted by molar-refractivity contribution is -0.132. The Hall–Kier alpha value is -2.54. The summed E-state index contributed by atoms with van der Waals surface area (Å²) in [5, 5.41) is 9.07. The number of thioether (sulfide) groups is 1. The van der Waals surface area contributed by atoms with Crippen LogP contribution in [0.3, 0.4) is 0 Å². The highest BCUT2D eigenvalue weighted by atomic mass is 32.2. The Morgan fingerprint density at radius 1 is 1.08 bits per heavy atom. The zero-order valence-corrected chi connectivity index (χ0v) is 25.6. The Bertz CT molecular complexity index is 905. The van der Waals surface area contributed by atoms with Gasteiger partial charge in [-0.15, -0.1) is 13.2 Å². The van der Waals surface area contributed by atoms with E-state index in [2.05, 4.69) is 29.1 Å². The Morgan fingerprint density at radius 2 is 1.74 bits per heavy atom. The largest absolute Gasteiger partial charge is 0.356 e. The molecule has 4 unspecified atom stereocenters. The van der Waals surface area contributed by atoms with Crippen LogP contribution < -0.4 is 16.0 Å². The van der Waals surface area contributed by atoms with E-state index in [1.807, 2.05) is 69.7 Å². The van der Waals surface area contributed by atoms with Crippen LogP contribution in [0.5, 0.6) is 0 Å². The second-order valence-corrected chi connectivity index (χ2v) is 11.9. The first kappa shape index (κ1) is 34.5. The standard InChI is InChI=1S/C30H45N3O3.C2H6S/c1-6-8-10-15-25(20-24-13-11-9-12-14-24)27(34)33-26(19-22(3)4)28(35)32-23(5)21-30(16-7-2)17-18-31-29(30)36;1-3-2/h6-7,9,11-14,22-23,25-26H,1-2,8,10,15-21H2,3-5H3,(H,31,36)(H,32,35)(H,33,34);1-2H3. The molecule has 0 aliphatic carbocycles. The van der Waals surface area contributed by atoms with Gasteiger partial charge >= 0.3 is 0 Å². The van der Waals surface area contributed by atoms with E-state index in [4.69, 9.17) is 0 Å². The summed E-state index contributed by atoms with van der Waals surface area (Å²) in [5.41, 5.74) is 0.578. The third-order valence-corrected chi connectivity index (χ3v) is 6.99. The molecule has 0 radical (unpaired) electrons. The van der Waals surface area contributed by atoms with E-state index in [9.17, 15) is 14.4 Å². The number of carbonyl (C=O) groups is 3. The van der Waals surface area contributed by atoms with Crippen molar-refractivity contribution in [3.8, 4) is 0 Å². The molecule has 7 heteroatoms. The van der Waals surface area contributed by atoms with E-state index in [0.29, 0.717) is 32.2 Å². The Balaban J connectivity index is 0.00000242. The summed E-state index contributed by atoms with van der Waals surface area (Å²) in [4.78, 5) is 39.3. The number of benzene rings is 1. The van der Waals surface area contributed by atoms with Crippen LogP contribution in [-0.2, 0) is 20.8 Å². The van der Waals surface area contributed by atoms with Crippen molar-refractivity contribution in [3.05, 3.63) is 61.2 Å². The summed E-state index contributed by atoms with van der Waals surface area (Å²) >= 11 is 1.75. The molecule has 1 aromatic carbocycles. The predicted molar refractivity (Wildman–Crippen MR) is 166 cm³/mol. The molecule has 0 bridgehead atoms. The number of carbonyl (C=O) groups excluding carboxylic acids is 3. The minimum atomic E-state index is -0.620. The molecule has 1 aromatic rings. The van der Waals surface area contributed by atoms with Crippen molar-refractivity contribution in [1.82, 2.24) is 16.0 Å². The monoisotopic (exact) mass is 557 g/mol. The van der Waals surface area contributed by atoms with E-state index in [1.54, 1.807) is 17.8 Å². The van der Waals surface area contributed by atoms with Gasteiger partial charge in [-0.2, -0.15) is 11.8 Å². The quantitative estimate of drug-likeness (QED) is 0.180. The maximum Gasteiger partial charge on any atom is 0.242 e. The first-order valence-electron chi connectivity index (χ1n) is 14.2. The summed E-state index contributed by atoms with van der Waals surface area (Å²) in [6.07, 6.45) is 13.2. The molecule has 2 rings (SSSR count). The highest BCUT2D eigenvalue weighted by molar-refractivity contribution is 7.97. The van der Waals surface area contributed by atoms with Crippen LogP contribution in [0.25, 0.3) is 0 Å². The van der Waals surface area contributed by atoms with Gasteiger partial charge in [0.05, 0.1) is 5.41 Å². The fourth-order valence-corrected chi connectivity index (χ4v) is 5.17. The number of allylic oxidation sites excluding steroid dienone is 2. The topological polar surface area (TPSA) is 87.3 Å². The zero-order chi connectivity index (χ0) is 29.3. The zero-order valence-electron chi connectivity index (χ0n) is 24.8. The van der Waals surface area contributed by atoms with Crippen molar-refractivity contribution in [2.45, 2.75) is 84.2 Å². The SMILES string of the molecule is C=CCCCC(Cc1ccccc1)C(=O)NC(CC(C)C)C(=O)NC(C)CC1(CC=C)CCNC1=O.CSC. The molecular formula is C32H51N3O3S. The maximum absolute atomic E-state index is 13.4. The smallest absolute Gasteiger partial charge is 0.242 e. The molecule has 218 valence electrons. The van der Waals surface area contributed by atoms with E-state index in [0.717, 1.165) is 31.2 Å². The molecule has 3 amide bonds. The van der Waals surface area contributed by atoms with E-state index >= 15 is 0 Å². The minimum absolute atomic E-state index is 0.0267. The third kappa shape index (κ3) is 12.5. The predicted octanol–water partition coefficient (Wildman–Crippen LogP) is 5.69. The van der Waals surface area contributed by atoms with E-state index in [-0.39, 0.29) is 35.6 Å². The second-order valence-electron chi connectivity index (χ2n) is 11.1. The molecule has 1 fully saturated rings. The molecular weight excluding hydrogens is 506 g/mol. The summed E-state index contributed by atoms with van der Waals surface area (Å²) < 4.78 is 0. The van der Waals surface area contributed by atoms with Crippen molar-refractivity contribution >= 4 is 29.5 Å². The van der Waals surface area contributed by atoms with Gasteiger partial charge in [0, 0.05) is 18.5 Å². The van der Waals surface area contributed by atoms with Gasteiger partial charge in [0.15, 0.2) is 0 Å². The molecule has 1 saturated heterocycles. The van der Waals surface area contributed by atoms with E-state index in [1.165, 1.54) is 0 Å². The van der Waals surface area contributed by atoms with Crippen molar-refractivity contribution in [1.29, 1.82) is 0 Å². The number of nitrogens with one attached hydrogen (secondary N) is 3. The number of hydrogen-bond acceptors (Lipinski definition) is 4. The van der Waals surface area contributed by atoms with Gasteiger partial charge < -0.3 is 16.0 Å². The van der Waals surface area contributed by atoms with Crippen LogP contribution in [0.2, 0.25) is 0 Å². The molecule has 0 saturated carbocycles. The average Bonchev–Trinajstić information content (AvgIpc) is 3.23. The molecule has 1 aliphatic heterocycles. The summed E-state index contributed by atoms with van der Waals surface area (Å²) in [7, 11) is 0. The van der Waals surface area contributed by atoms with Crippen LogP contribution in [0.1, 0.15) is 71.3 Å². The van der Waals surface area contributed by atoms with Crippen LogP contribution in [-0.4, -0.2) is 48.9 Å². The van der Waals surface area contributed by atoms with Gasteiger partial charge in [0.1, 0.15) is 6.04 Å². The van der Waals surface area contributed by atoms with Gasteiger partial charge in [0.25, 0.3) is 0 Å². The lowest BCUT2D eigenvalue weighted by atomic mass is 9.77. The van der Waals surface area contributed by atoms with Crippen LogP contribution in [0.4, 0.5) is 0 Å². The van der Waals surface area contributed by atoms with Gasteiger partial charge in [-0.1, -0.05) is 56.3 Å². The van der Waals surface area contributed by atoms with Crippen molar-refractivity contribution in [2.75, 3.05) is 19.1 Å². The van der Waals surface area contributed by atoms with Crippen molar-refractivity contribution < 1.29 is 14.4 Å². The lowest BCUT2D eigenvalue weighted by Crippen LogP contribution is -2.52. The molecule has 1 heterocycles. The van der Waals surface area contributed by atoms with Gasteiger partial charge in [0.2, 0.25) is 17.7 Å². The molecule has 6 nitrogen and oxygen atoms in total. The molecule has 0 aromatic heterocycles. The fourth-order valence-electron chi connectivity index (χ4n) is 5.17. The first-order chi connectivity index (χ1) is 18.6. The summed E-state index contributed by atoms with van der Waals surface area (Å²) in [6.45, 7) is 14.3. The number of amides is 3. The normalized spacial score (nSPS) is 18.7. The lowest BCUT2D eigenvalue weighted by Gasteiger charge is -2.30. The second kappa shape index (κ2) is 18.7. The molecule has 3 N–H and O–H groups in total. The number of rotatable bonds is 16. The molecule has 39 heavy (non-hydrogen) atoms. The average molecular weight is 558 g/mol. The van der Waals surface area contributed by atoms with E-state index < -0.39 is 11.5 Å². The minimum Gasteiger partial charge on any atom is -0.356 e. The van der Waals surface area contributed by atoms with Gasteiger partial charge in [-0.05, 0) is 82.3 Å². The van der Waals surface area contributed by atoms with Crippen molar-refractivity contribution in [3.63, 3.8) is 0 Å². The van der Waals surface area contributed by atoms with Gasteiger partial charge in [-0.3, -0.25) is 14.4 Å². The third-order valence-electron chi connectivity index (χ3n) is 6.99. The van der Waals surface area contributed by atoms with Crippen LogP contribution in [0, 0.1) is 17.3 Å². The summed E-state index contributed by atoms with van der Waals surface area (Å²) in [5.74, 6) is -0.238. The Morgan fingerprint density at radius 3 is 2.28 bits per heavy atom. The maximum atomic E-state index is 13.4. The Labute approximate surface area is 241 Å². The highest BCUT2D eigenvalue weighted by Crippen LogP contribution is 2.36. The fraction of sp³-hybridized carbons (Fsp3) is 0.594.